The molecule has 1 aliphatic carbocycles. The zero-order valence-electron chi connectivity index (χ0n) is 16.7. The summed E-state index contributed by atoms with van der Waals surface area (Å²) in [5.41, 5.74) is 4.20. The minimum absolute atomic E-state index is 0.0360. The van der Waals surface area contributed by atoms with Gasteiger partial charge in [-0.15, -0.1) is 0 Å². The summed E-state index contributed by atoms with van der Waals surface area (Å²) in [5.74, 6) is 0. The molecule has 4 rings (SSSR count). The molecule has 0 saturated carbocycles. The highest BCUT2D eigenvalue weighted by Gasteiger charge is 2.38. The van der Waals surface area contributed by atoms with E-state index in [1.165, 1.54) is 4.31 Å². The highest BCUT2D eigenvalue weighted by Crippen LogP contribution is 2.42. The van der Waals surface area contributed by atoms with Gasteiger partial charge >= 0.3 is 0 Å². The molecule has 1 atom stereocenters. The summed E-state index contributed by atoms with van der Waals surface area (Å²) < 4.78 is 37.6. The lowest BCUT2D eigenvalue weighted by Crippen LogP contribution is -2.48. The number of hydrogen-bond acceptors (Lipinski definition) is 4. The molecule has 2 aliphatic rings. The number of ether oxygens (including phenoxy) is 1. The first-order chi connectivity index (χ1) is 13.3. The zero-order valence-corrected chi connectivity index (χ0v) is 17.5. The normalized spacial score (nSPS) is 22.8. The van der Waals surface area contributed by atoms with Crippen LogP contribution in [0.2, 0.25) is 0 Å². The van der Waals surface area contributed by atoms with Crippen molar-refractivity contribution in [3.8, 4) is 5.69 Å². The molecule has 7 nitrogen and oxygen atoms in total. The summed E-state index contributed by atoms with van der Waals surface area (Å²) in [6.45, 7) is 8.08. The molecule has 8 heteroatoms. The van der Waals surface area contributed by atoms with Gasteiger partial charge in [0.15, 0.2) is 0 Å². The van der Waals surface area contributed by atoms with Crippen molar-refractivity contribution in [2.24, 2.45) is 5.41 Å². The van der Waals surface area contributed by atoms with Gasteiger partial charge in [0.2, 0.25) is 0 Å². The Hall–Kier alpha value is -1.74. The first-order valence-electron chi connectivity index (χ1n) is 9.75. The third-order valence-corrected chi connectivity index (χ3v) is 7.25. The molecule has 0 radical (unpaired) electrons. The molecule has 0 unspecified atom stereocenters. The van der Waals surface area contributed by atoms with Gasteiger partial charge in [-0.2, -0.15) is 22.5 Å². The van der Waals surface area contributed by atoms with Crippen LogP contribution in [0.15, 0.2) is 30.5 Å². The predicted octanol–water partition coefficient (Wildman–Crippen LogP) is 2.36. The van der Waals surface area contributed by atoms with Gasteiger partial charge in [0.1, 0.15) is 0 Å². The molecule has 1 N–H and O–H groups in total. The van der Waals surface area contributed by atoms with Crippen LogP contribution in [-0.2, 0) is 21.4 Å². The molecular weight excluding hydrogens is 376 g/mol. The van der Waals surface area contributed by atoms with Gasteiger partial charge in [-0.3, -0.25) is 0 Å². The SMILES string of the molecule is Cc1ccccc1-n1ncc2c1CC(C)(C)C[C@H]2NS(=O)(=O)N1CCOCC1. The number of aryl methyl sites for hydroxylation is 1. The molecule has 1 saturated heterocycles. The number of rotatable bonds is 4. The second-order valence-corrected chi connectivity index (χ2v) is 10.2. The summed E-state index contributed by atoms with van der Waals surface area (Å²) >= 11 is 0. The first kappa shape index (κ1) is 19.6. The fraction of sp³-hybridized carbons (Fsp3) is 0.550. The molecule has 0 amide bonds. The van der Waals surface area contributed by atoms with Gasteiger partial charge in [0.25, 0.3) is 10.2 Å². The fourth-order valence-electron chi connectivity index (χ4n) is 4.20. The van der Waals surface area contributed by atoms with E-state index in [-0.39, 0.29) is 11.5 Å². The minimum Gasteiger partial charge on any atom is -0.379 e. The van der Waals surface area contributed by atoms with Crippen LogP contribution >= 0.6 is 0 Å². The number of fused-ring (bicyclic) bond motifs is 1. The van der Waals surface area contributed by atoms with Crippen molar-refractivity contribution in [2.45, 2.75) is 39.7 Å². The molecule has 1 fully saturated rings. The fourth-order valence-corrected chi connectivity index (χ4v) is 5.55. The number of nitrogens with one attached hydrogen (secondary N) is 1. The van der Waals surface area contributed by atoms with E-state index < -0.39 is 10.2 Å². The maximum absolute atomic E-state index is 12.9. The first-order valence-corrected chi connectivity index (χ1v) is 11.2. The van der Waals surface area contributed by atoms with Crippen LogP contribution in [0.5, 0.6) is 0 Å². The Bertz CT molecular complexity index is 962. The third kappa shape index (κ3) is 3.74. The maximum Gasteiger partial charge on any atom is 0.280 e. The van der Waals surface area contributed by atoms with Crippen molar-refractivity contribution in [1.29, 1.82) is 0 Å². The number of benzene rings is 1. The third-order valence-electron chi connectivity index (χ3n) is 5.62. The molecule has 2 heterocycles. The van der Waals surface area contributed by atoms with Gasteiger partial charge in [-0.1, -0.05) is 32.0 Å². The number of aromatic nitrogens is 2. The average Bonchev–Trinajstić information content (AvgIpc) is 3.05. The Morgan fingerprint density at radius 2 is 1.93 bits per heavy atom. The topological polar surface area (TPSA) is 76.5 Å². The van der Waals surface area contributed by atoms with Crippen molar-refractivity contribution in [2.75, 3.05) is 26.3 Å². The van der Waals surface area contributed by atoms with Crippen molar-refractivity contribution in [1.82, 2.24) is 18.8 Å². The van der Waals surface area contributed by atoms with Crippen LogP contribution in [0.25, 0.3) is 5.69 Å². The summed E-state index contributed by atoms with van der Waals surface area (Å²) in [6.07, 6.45) is 3.42. The van der Waals surface area contributed by atoms with E-state index in [4.69, 9.17) is 4.74 Å². The van der Waals surface area contributed by atoms with Crippen molar-refractivity contribution < 1.29 is 13.2 Å². The quantitative estimate of drug-likeness (QED) is 0.849. The van der Waals surface area contributed by atoms with Crippen molar-refractivity contribution in [3.05, 3.63) is 47.3 Å². The second-order valence-electron chi connectivity index (χ2n) is 8.48. The Balaban J connectivity index is 1.69. The van der Waals surface area contributed by atoms with Crippen molar-refractivity contribution in [3.63, 3.8) is 0 Å². The molecule has 1 aliphatic heterocycles. The van der Waals surface area contributed by atoms with E-state index in [1.807, 2.05) is 23.0 Å². The summed E-state index contributed by atoms with van der Waals surface area (Å²) in [7, 11) is -3.57. The Morgan fingerprint density at radius 3 is 2.64 bits per heavy atom. The maximum atomic E-state index is 12.9. The molecule has 0 bridgehead atoms. The van der Waals surface area contributed by atoms with Gasteiger partial charge in [0, 0.05) is 24.3 Å². The predicted molar refractivity (Wildman–Crippen MR) is 108 cm³/mol. The number of hydrogen-bond donors (Lipinski definition) is 1. The zero-order chi connectivity index (χ0) is 19.9. The largest absolute Gasteiger partial charge is 0.379 e. The minimum atomic E-state index is -3.57. The molecule has 0 spiro atoms. The second kappa shape index (κ2) is 7.26. The number of nitrogens with zero attached hydrogens (tertiary/aromatic N) is 3. The summed E-state index contributed by atoms with van der Waals surface area (Å²) in [6, 6.07) is 7.85. The van der Waals surface area contributed by atoms with Crippen LogP contribution in [0.3, 0.4) is 0 Å². The summed E-state index contributed by atoms with van der Waals surface area (Å²) in [5, 5.41) is 4.64. The molecule has 1 aromatic carbocycles. The van der Waals surface area contributed by atoms with E-state index in [0.717, 1.165) is 35.3 Å². The molecular formula is C20H28N4O3S. The van der Waals surface area contributed by atoms with E-state index in [9.17, 15) is 8.42 Å². The summed E-state index contributed by atoms with van der Waals surface area (Å²) in [4.78, 5) is 0. The number of para-hydroxylation sites is 1. The Morgan fingerprint density at radius 1 is 1.21 bits per heavy atom. The average molecular weight is 405 g/mol. The van der Waals surface area contributed by atoms with E-state index in [1.54, 1.807) is 0 Å². The highest BCUT2D eigenvalue weighted by atomic mass is 32.2. The Kier molecular flexibility index (Phi) is 5.07. The van der Waals surface area contributed by atoms with Crippen LogP contribution in [-0.4, -0.2) is 48.8 Å². The van der Waals surface area contributed by atoms with Crippen LogP contribution < -0.4 is 4.72 Å². The smallest absolute Gasteiger partial charge is 0.280 e. The molecule has 2 aromatic rings. The van der Waals surface area contributed by atoms with Crippen LogP contribution in [0.1, 0.15) is 43.1 Å². The Labute approximate surface area is 166 Å². The van der Waals surface area contributed by atoms with Crippen molar-refractivity contribution >= 4 is 10.2 Å². The lowest BCUT2D eigenvalue weighted by molar-refractivity contribution is 0.0721. The monoisotopic (exact) mass is 404 g/mol. The van der Waals surface area contributed by atoms with Gasteiger partial charge < -0.3 is 4.74 Å². The standard InChI is InChI=1S/C20H28N4O3S/c1-15-6-4-5-7-18(15)24-19-13-20(2,3)12-17(16(19)14-21-24)22-28(25,26)23-8-10-27-11-9-23/h4-7,14,17,22H,8-13H2,1-3H3/t17-/m1/s1. The lowest BCUT2D eigenvalue weighted by Gasteiger charge is -2.37. The highest BCUT2D eigenvalue weighted by molar-refractivity contribution is 7.87. The van der Waals surface area contributed by atoms with Gasteiger partial charge in [-0.25, -0.2) is 4.68 Å². The molecule has 28 heavy (non-hydrogen) atoms. The van der Waals surface area contributed by atoms with Crippen LogP contribution in [0.4, 0.5) is 0 Å². The van der Waals surface area contributed by atoms with E-state index in [0.29, 0.717) is 26.3 Å². The number of morpholine rings is 1. The molecule has 1 aromatic heterocycles. The van der Waals surface area contributed by atoms with Crippen LogP contribution in [0, 0.1) is 12.3 Å². The van der Waals surface area contributed by atoms with E-state index >= 15 is 0 Å². The molecule has 152 valence electrons. The van der Waals surface area contributed by atoms with Gasteiger partial charge in [-0.05, 0) is 36.8 Å². The van der Waals surface area contributed by atoms with Gasteiger partial charge in [0.05, 0.1) is 31.1 Å². The van der Waals surface area contributed by atoms with E-state index in [2.05, 4.69) is 42.7 Å². The lowest BCUT2D eigenvalue weighted by atomic mass is 9.74.